The Labute approximate surface area is 196 Å². The molecule has 0 aliphatic carbocycles. The fraction of sp³-hybridized carbons (Fsp3) is 0.0417. The number of aromatic nitrogens is 3. The summed E-state index contributed by atoms with van der Waals surface area (Å²) in [5.41, 5.74) is 5.54. The number of hydrogen-bond donors (Lipinski definition) is 2. The number of nitrogens with two attached hydrogens (primary N) is 1. The van der Waals surface area contributed by atoms with Gasteiger partial charge in [-0.1, -0.05) is 47.7 Å². The van der Waals surface area contributed by atoms with Crippen molar-refractivity contribution < 1.29 is 14.3 Å². The van der Waals surface area contributed by atoms with Gasteiger partial charge < -0.3 is 15.8 Å². The highest BCUT2D eigenvalue weighted by Crippen LogP contribution is 2.31. The molecule has 2 amide bonds. The van der Waals surface area contributed by atoms with Crippen molar-refractivity contribution in [3.05, 3.63) is 88.8 Å². The second kappa shape index (κ2) is 8.75. The summed E-state index contributed by atoms with van der Waals surface area (Å²) in [5.74, 6) is 0.0554. The number of anilines is 1. The first-order valence-electron chi connectivity index (χ1n) is 10.2. The van der Waals surface area contributed by atoms with Gasteiger partial charge in [0.1, 0.15) is 18.0 Å². The minimum Gasteiger partial charge on any atom is -0.457 e. The van der Waals surface area contributed by atoms with Gasteiger partial charge in [-0.3, -0.25) is 14.4 Å². The van der Waals surface area contributed by atoms with Crippen LogP contribution in [0, 0.1) is 0 Å². The maximum Gasteiger partial charge on any atom is 0.275 e. The normalized spacial score (nSPS) is 10.9. The number of amides is 2. The fourth-order valence-corrected chi connectivity index (χ4v) is 4.38. The SMILES string of the molecule is NC(=O)c1nn(CC(=O)Nc2nc3ccc(Oc4ccccc4)cc3s2)c(=O)c2ccccc12. The van der Waals surface area contributed by atoms with Crippen molar-refractivity contribution in [2.45, 2.75) is 6.54 Å². The van der Waals surface area contributed by atoms with Crippen molar-refractivity contribution >= 4 is 49.3 Å². The molecule has 5 aromatic rings. The number of rotatable bonds is 6. The number of primary amides is 1. The number of thiazole rings is 1. The number of fused-ring (bicyclic) bond motifs is 2. The first-order chi connectivity index (χ1) is 16.5. The molecule has 10 heteroatoms. The molecule has 0 spiro atoms. The van der Waals surface area contributed by atoms with Crippen LogP contribution in [-0.2, 0) is 11.3 Å². The van der Waals surface area contributed by atoms with Crippen LogP contribution in [0.5, 0.6) is 11.5 Å². The lowest BCUT2D eigenvalue weighted by atomic mass is 10.1. The van der Waals surface area contributed by atoms with Gasteiger partial charge in [-0.25, -0.2) is 9.67 Å². The van der Waals surface area contributed by atoms with Gasteiger partial charge in [0.25, 0.3) is 11.5 Å². The third-order valence-electron chi connectivity index (χ3n) is 4.98. The molecular weight excluding hydrogens is 454 g/mol. The van der Waals surface area contributed by atoms with Crippen LogP contribution in [0.3, 0.4) is 0 Å². The van der Waals surface area contributed by atoms with Crippen molar-refractivity contribution in [2.24, 2.45) is 5.73 Å². The van der Waals surface area contributed by atoms with Crippen molar-refractivity contribution in [3.63, 3.8) is 0 Å². The van der Waals surface area contributed by atoms with Crippen LogP contribution in [0.4, 0.5) is 5.13 Å². The largest absolute Gasteiger partial charge is 0.457 e. The molecule has 0 fully saturated rings. The Kier molecular flexibility index (Phi) is 5.48. The van der Waals surface area contributed by atoms with E-state index in [1.54, 1.807) is 36.4 Å². The summed E-state index contributed by atoms with van der Waals surface area (Å²) < 4.78 is 7.59. The molecule has 0 saturated heterocycles. The van der Waals surface area contributed by atoms with Crippen molar-refractivity contribution in [2.75, 3.05) is 5.32 Å². The Hall–Kier alpha value is -4.57. The van der Waals surface area contributed by atoms with Crippen LogP contribution in [0.25, 0.3) is 21.0 Å². The van der Waals surface area contributed by atoms with Crippen molar-refractivity contribution in [3.8, 4) is 11.5 Å². The molecule has 2 aromatic heterocycles. The molecule has 3 N–H and O–H groups in total. The second-order valence-electron chi connectivity index (χ2n) is 7.33. The molecule has 168 valence electrons. The lowest BCUT2D eigenvalue weighted by Gasteiger charge is -2.08. The van der Waals surface area contributed by atoms with E-state index in [1.165, 1.54) is 11.3 Å². The average Bonchev–Trinajstić information content (AvgIpc) is 3.22. The zero-order valence-corrected chi connectivity index (χ0v) is 18.4. The van der Waals surface area contributed by atoms with E-state index in [0.717, 1.165) is 9.38 Å². The molecular formula is C24H17N5O4S. The van der Waals surface area contributed by atoms with Gasteiger partial charge in [-0.15, -0.1) is 0 Å². The average molecular weight is 471 g/mol. The molecule has 0 unspecified atom stereocenters. The Morgan fingerprint density at radius 1 is 0.971 bits per heavy atom. The minimum atomic E-state index is -0.787. The maximum atomic E-state index is 12.8. The molecule has 0 aliphatic rings. The summed E-state index contributed by atoms with van der Waals surface area (Å²) in [5, 5.41) is 7.66. The molecule has 3 aromatic carbocycles. The number of hydrogen-bond acceptors (Lipinski definition) is 7. The van der Waals surface area contributed by atoms with Gasteiger partial charge in [-0.2, -0.15) is 5.10 Å². The highest BCUT2D eigenvalue weighted by atomic mass is 32.1. The van der Waals surface area contributed by atoms with E-state index in [9.17, 15) is 14.4 Å². The predicted octanol–water partition coefficient (Wildman–Crippen LogP) is 3.54. The molecule has 0 bridgehead atoms. The summed E-state index contributed by atoms with van der Waals surface area (Å²) in [6.07, 6.45) is 0. The van der Waals surface area contributed by atoms with Gasteiger partial charge in [-0.05, 0) is 30.3 Å². The number of ether oxygens (including phenoxy) is 1. The van der Waals surface area contributed by atoms with Gasteiger partial charge in [0.05, 0.1) is 15.6 Å². The monoisotopic (exact) mass is 471 g/mol. The molecule has 0 atom stereocenters. The van der Waals surface area contributed by atoms with Gasteiger partial charge in [0.15, 0.2) is 10.8 Å². The van der Waals surface area contributed by atoms with Crippen LogP contribution in [0.15, 0.2) is 77.6 Å². The van der Waals surface area contributed by atoms with E-state index < -0.39 is 23.9 Å². The standard InChI is InChI=1S/C24H17N5O4S/c25-22(31)21-16-8-4-5-9-17(16)23(32)29(28-21)13-20(30)27-24-26-18-11-10-15(12-19(18)34-24)33-14-6-2-1-3-7-14/h1-12H,13H2,(H2,25,31)(H,26,27,30). The molecule has 5 rings (SSSR count). The Bertz CT molecular complexity index is 1610. The summed E-state index contributed by atoms with van der Waals surface area (Å²) in [7, 11) is 0. The van der Waals surface area contributed by atoms with Gasteiger partial charge in [0.2, 0.25) is 5.91 Å². The highest BCUT2D eigenvalue weighted by Gasteiger charge is 2.17. The lowest BCUT2D eigenvalue weighted by Crippen LogP contribution is -2.32. The molecule has 2 heterocycles. The quantitative estimate of drug-likeness (QED) is 0.390. The maximum absolute atomic E-state index is 12.8. The molecule has 9 nitrogen and oxygen atoms in total. The third-order valence-corrected chi connectivity index (χ3v) is 5.91. The van der Waals surface area contributed by atoms with E-state index in [1.807, 2.05) is 36.4 Å². The van der Waals surface area contributed by atoms with Crippen molar-refractivity contribution in [1.29, 1.82) is 0 Å². The Morgan fingerprint density at radius 3 is 2.47 bits per heavy atom. The van der Waals surface area contributed by atoms with Crippen LogP contribution in [-0.4, -0.2) is 26.6 Å². The summed E-state index contributed by atoms with van der Waals surface area (Å²) >= 11 is 1.27. The van der Waals surface area contributed by atoms with E-state index in [0.29, 0.717) is 27.5 Å². The highest BCUT2D eigenvalue weighted by molar-refractivity contribution is 7.22. The zero-order valence-electron chi connectivity index (χ0n) is 17.6. The third kappa shape index (κ3) is 4.21. The number of nitrogens with zero attached hydrogens (tertiary/aromatic N) is 3. The Balaban J connectivity index is 1.37. The summed E-state index contributed by atoms with van der Waals surface area (Å²) in [6, 6.07) is 21.3. The van der Waals surface area contributed by atoms with Crippen LogP contribution < -0.4 is 21.3 Å². The summed E-state index contributed by atoms with van der Waals surface area (Å²) in [6.45, 7) is -0.401. The van der Waals surface area contributed by atoms with E-state index in [2.05, 4.69) is 15.4 Å². The van der Waals surface area contributed by atoms with Crippen molar-refractivity contribution in [1.82, 2.24) is 14.8 Å². The molecule has 0 aliphatic heterocycles. The first kappa shape index (κ1) is 21.3. The summed E-state index contributed by atoms with van der Waals surface area (Å²) in [4.78, 5) is 41.6. The molecule has 0 saturated carbocycles. The Morgan fingerprint density at radius 2 is 1.71 bits per heavy atom. The smallest absolute Gasteiger partial charge is 0.275 e. The van der Waals surface area contributed by atoms with Gasteiger partial charge in [0, 0.05) is 11.5 Å². The number of benzene rings is 3. The van der Waals surface area contributed by atoms with Gasteiger partial charge >= 0.3 is 0 Å². The number of carbonyl (C=O) groups is 2. The van der Waals surface area contributed by atoms with Crippen LogP contribution in [0.2, 0.25) is 0 Å². The topological polar surface area (TPSA) is 129 Å². The van der Waals surface area contributed by atoms with E-state index in [4.69, 9.17) is 10.5 Å². The number of nitrogens with one attached hydrogen (secondary N) is 1. The fourth-order valence-electron chi connectivity index (χ4n) is 3.47. The first-order valence-corrected chi connectivity index (χ1v) is 11.0. The zero-order chi connectivity index (χ0) is 23.7. The molecule has 0 radical (unpaired) electrons. The second-order valence-corrected chi connectivity index (χ2v) is 8.36. The number of carbonyl (C=O) groups excluding carboxylic acids is 2. The van der Waals surface area contributed by atoms with E-state index >= 15 is 0 Å². The lowest BCUT2D eigenvalue weighted by molar-refractivity contribution is -0.117. The van der Waals surface area contributed by atoms with Crippen LogP contribution >= 0.6 is 11.3 Å². The molecule has 34 heavy (non-hydrogen) atoms. The van der Waals surface area contributed by atoms with Crippen LogP contribution in [0.1, 0.15) is 10.5 Å². The predicted molar refractivity (Wildman–Crippen MR) is 129 cm³/mol. The number of para-hydroxylation sites is 1. The minimum absolute atomic E-state index is 0.0751. The van der Waals surface area contributed by atoms with E-state index in [-0.39, 0.29) is 11.1 Å².